The van der Waals surface area contributed by atoms with Crippen LogP contribution in [0, 0.1) is 5.92 Å². The van der Waals surface area contributed by atoms with Crippen LogP contribution < -0.4 is 25.2 Å². The van der Waals surface area contributed by atoms with Crippen LogP contribution >= 0.6 is 0 Å². The SMILES string of the molecule is COC(=O)C(c1cc(N2CCC(OC3CC(Oc4cc(N5C6CCC5CN(c5cc(-c7ccccc7O)nnc5N)C6)ccn4)C3)CC2)no1)C(C)C. The first-order valence-electron chi connectivity index (χ1n) is 18.8. The van der Waals surface area contributed by atoms with Gasteiger partial charge in [0, 0.05) is 80.7 Å². The number of hydrogen-bond acceptors (Lipinski definition) is 14. The van der Waals surface area contributed by atoms with E-state index in [1.54, 1.807) is 12.1 Å². The summed E-state index contributed by atoms with van der Waals surface area (Å²) in [7, 11) is 1.40. The highest BCUT2D eigenvalue weighted by Gasteiger charge is 2.41. The fraction of sp³-hybridized carbons (Fsp3) is 0.513. The third-order valence-electron chi connectivity index (χ3n) is 11.3. The molecule has 280 valence electrons. The molecule has 4 fully saturated rings. The molecule has 8 rings (SSSR count). The van der Waals surface area contributed by atoms with Crippen molar-refractivity contribution in [1.82, 2.24) is 20.3 Å². The maximum Gasteiger partial charge on any atom is 0.316 e. The van der Waals surface area contributed by atoms with Crippen LogP contribution in [0.4, 0.5) is 23.0 Å². The molecule has 3 aromatic heterocycles. The van der Waals surface area contributed by atoms with E-state index < -0.39 is 5.92 Å². The highest BCUT2D eigenvalue weighted by molar-refractivity contribution is 5.78. The predicted octanol–water partition coefficient (Wildman–Crippen LogP) is 5.18. The van der Waals surface area contributed by atoms with Crippen LogP contribution in [0.25, 0.3) is 11.3 Å². The summed E-state index contributed by atoms with van der Waals surface area (Å²) in [5, 5.41) is 23.2. The first kappa shape index (κ1) is 34.9. The van der Waals surface area contributed by atoms with E-state index in [9.17, 15) is 9.90 Å². The van der Waals surface area contributed by atoms with Crippen molar-refractivity contribution in [2.24, 2.45) is 5.92 Å². The van der Waals surface area contributed by atoms with Gasteiger partial charge in [0.25, 0.3) is 0 Å². The lowest BCUT2D eigenvalue weighted by molar-refractivity contribution is -0.144. The number of ether oxygens (including phenoxy) is 3. The number of phenols is 1. The number of piperazine rings is 1. The Bertz CT molecular complexity index is 1890. The average Bonchev–Trinajstić information content (AvgIpc) is 3.73. The van der Waals surface area contributed by atoms with Gasteiger partial charge in [-0.25, -0.2) is 4.98 Å². The second-order valence-corrected chi connectivity index (χ2v) is 15.1. The van der Waals surface area contributed by atoms with Gasteiger partial charge in [0.1, 0.15) is 17.8 Å². The van der Waals surface area contributed by atoms with Gasteiger partial charge in [0.2, 0.25) is 5.88 Å². The highest BCUT2D eigenvalue weighted by Crippen LogP contribution is 2.40. The largest absolute Gasteiger partial charge is 0.507 e. The minimum absolute atomic E-state index is 0.0412. The number of aromatic hydroxyl groups is 1. The predicted molar refractivity (Wildman–Crippen MR) is 199 cm³/mol. The number of carbonyl (C=O) groups is 1. The van der Waals surface area contributed by atoms with Crippen molar-refractivity contribution in [2.45, 2.75) is 88.7 Å². The molecule has 1 aromatic carbocycles. The average molecular weight is 725 g/mol. The quantitative estimate of drug-likeness (QED) is 0.194. The number of anilines is 4. The number of hydrogen-bond donors (Lipinski definition) is 2. The van der Waals surface area contributed by atoms with Gasteiger partial charge in [-0.3, -0.25) is 4.79 Å². The van der Waals surface area contributed by atoms with Crippen LogP contribution in [0.5, 0.6) is 11.6 Å². The van der Waals surface area contributed by atoms with Crippen molar-refractivity contribution in [2.75, 3.05) is 53.7 Å². The molecule has 4 aliphatic rings. The zero-order valence-electron chi connectivity index (χ0n) is 30.5. The summed E-state index contributed by atoms with van der Waals surface area (Å²) in [6.07, 6.45) is 7.94. The van der Waals surface area contributed by atoms with Gasteiger partial charge in [-0.1, -0.05) is 31.1 Å². The lowest BCUT2D eigenvalue weighted by Gasteiger charge is -2.43. The molecular weight excluding hydrogens is 676 g/mol. The monoisotopic (exact) mass is 724 g/mol. The van der Waals surface area contributed by atoms with Gasteiger partial charge >= 0.3 is 5.97 Å². The fourth-order valence-electron chi connectivity index (χ4n) is 8.42. The fourth-order valence-corrected chi connectivity index (χ4v) is 8.42. The Hall–Kier alpha value is -5.11. The zero-order chi connectivity index (χ0) is 36.6. The van der Waals surface area contributed by atoms with E-state index in [-0.39, 0.29) is 35.9 Å². The number of nitrogens with zero attached hydrogens (tertiary/aromatic N) is 7. The summed E-state index contributed by atoms with van der Waals surface area (Å²) >= 11 is 0. The molecule has 3 saturated heterocycles. The zero-order valence-corrected chi connectivity index (χ0v) is 30.5. The molecule has 3 atom stereocenters. The van der Waals surface area contributed by atoms with Gasteiger partial charge in [0.15, 0.2) is 17.4 Å². The normalized spacial score (nSPS) is 23.6. The number of aromatic nitrogens is 4. The Labute approximate surface area is 309 Å². The summed E-state index contributed by atoms with van der Waals surface area (Å²) < 4.78 is 23.4. The van der Waals surface area contributed by atoms with E-state index in [1.165, 1.54) is 7.11 Å². The van der Waals surface area contributed by atoms with Crippen LogP contribution in [0.3, 0.4) is 0 Å². The van der Waals surface area contributed by atoms with E-state index in [0.717, 1.165) is 81.9 Å². The van der Waals surface area contributed by atoms with Gasteiger partial charge < -0.3 is 44.3 Å². The second kappa shape index (κ2) is 14.7. The summed E-state index contributed by atoms with van der Waals surface area (Å²) in [4.78, 5) is 23.9. The van der Waals surface area contributed by atoms with E-state index in [2.05, 4.69) is 47.2 Å². The number of carbonyl (C=O) groups excluding carboxylic acids is 1. The summed E-state index contributed by atoms with van der Waals surface area (Å²) in [5.74, 6) is 1.76. The number of nitrogen functional groups attached to an aromatic ring is 1. The second-order valence-electron chi connectivity index (χ2n) is 15.1. The van der Waals surface area contributed by atoms with Gasteiger partial charge in [-0.2, -0.15) is 0 Å². The van der Waals surface area contributed by atoms with E-state index >= 15 is 0 Å². The first-order valence-corrected chi connectivity index (χ1v) is 18.8. The van der Waals surface area contributed by atoms with E-state index in [1.807, 2.05) is 44.3 Å². The Kier molecular flexibility index (Phi) is 9.71. The molecule has 14 heteroatoms. The lowest BCUT2D eigenvalue weighted by Crippen LogP contribution is -2.54. The van der Waals surface area contributed by atoms with Crippen LogP contribution in [0.2, 0.25) is 0 Å². The van der Waals surface area contributed by atoms with Crippen molar-refractivity contribution in [3.8, 4) is 22.9 Å². The Morgan fingerprint density at radius 2 is 1.70 bits per heavy atom. The molecule has 1 aliphatic carbocycles. The number of pyridine rings is 1. The Balaban J connectivity index is 0.819. The van der Waals surface area contributed by atoms with Crippen LogP contribution in [-0.2, 0) is 14.3 Å². The maximum absolute atomic E-state index is 12.3. The molecule has 4 aromatic rings. The standard InChI is InChI=1S/C39H48N8O6/c1-23(2)37(39(49)50-3)34-20-35(44-53-34)45-14-11-27(12-15-45)51-28-17-29(18-28)52-36-16-24(10-13-41-36)47-25-8-9-26(47)22-46(21-25)32-19-31(42-43-38(32)40)30-6-4-5-7-33(30)48/h4-7,10,13,16,19-20,23,25-29,37,48H,8-9,11-12,14-15,17-18,21-22H2,1-3H3,(H2,40,43). The van der Waals surface area contributed by atoms with Gasteiger partial charge in [-0.15, -0.1) is 10.2 Å². The van der Waals surface area contributed by atoms with Crippen molar-refractivity contribution >= 4 is 29.0 Å². The van der Waals surface area contributed by atoms with Gasteiger partial charge in [-0.05, 0) is 55.9 Å². The third-order valence-corrected chi connectivity index (χ3v) is 11.3. The lowest BCUT2D eigenvalue weighted by atomic mass is 9.91. The number of nitrogens with two attached hydrogens (primary N) is 1. The van der Waals surface area contributed by atoms with E-state index in [4.69, 9.17) is 24.5 Å². The molecule has 14 nitrogen and oxygen atoms in total. The topological polar surface area (TPSA) is 165 Å². The van der Waals surface area contributed by atoms with Crippen molar-refractivity contribution in [3.63, 3.8) is 0 Å². The number of piperidine rings is 1. The molecule has 0 spiro atoms. The molecule has 3 unspecified atom stereocenters. The Morgan fingerprint density at radius 1 is 0.943 bits per heavy atom. The molecule has 6 heterocycles. The number of esters is 1. The van der Waals surface area contributed by atoms with Crippen molar-refractivity contribution in [3.05, 3.63) is 60.5 Å². The smallest absolute Gasteiger partial charge is 0.316 e. The Morgan fingerprint density at radius 3 is 2.42 bits per heavy atom. The summed E-state index contributed by atoms with van der Waals surface area (Å²) in [5.41, 5.74) is 9.56. The molecular formula is C39H48N8O6. The number of rotatable bonds is 11. The molecule has 0 amide bonds. The summed E-state index contributed by atoms with van der Waals surface area (Å²) in [6.45, 7) is 7.18. The van der Waals surface area contributed by atoms with Crippen molar-refractivity contribution < 1.29 is 28.6 Å². The van der Waals surface area contributed by atoms with Crippen molar-refractivity contribution in [1.29, 1.82) is 0 Å². The third kappa shape index (κ3) is 7.16. The number of para-hydroxylation sites is 1. The van der Waals surface area contributed by atoms with E-state index in [0.29, 0.717) is 40.8 Å². The van der Waals surface area contributed by atoms with Crippen LogP contribution in [-0.4, -0.2) is 95.1 Å². The van der Waals surface area contributed by atoms with Crippen LogP contribution in [0.15, 0.2) is 59.3 Å². The number of fused-ring (bicyclic) bond motifs is 2. The molecule has 3 N–H and O–H groups in total. The summed E-state index contributed by atoms with van der Waals surface area (Å²) in [6, 6.07) is 15.7. The molecule has 2 bridgehead atoms. The number of phenolic OH excluding ortho intramolecular Hbond substituents is 1. The number of methoxy groups -OCH3 is 1. The molecule has 3 aliphatic heterocycles. The molecule has 0 radical (unpaired) electrons. The highest BCUT2D eigenvalue weighted by atomic mass is 16.5. The molecule has 53 heavy (non-hydrogen) atoms. The minimum atomic E-state index is -0.469. The van der Waals surface area contributed by atoms with Crippen LogP contribution in [0.1, 0.15) is 64.1 Å². The molecule has 1 saturated carbocycles. The van der Waals surface area contributed by atoms with Gasteiger partial charge in [0.05, 0.1) is 30.7 Å². The maximum atomic E-state index is 12.3. The minimum Gasteiger partial charge on any atom is -0.507 e. The number of benzene rings is 1. The first-order chi connectivity index (χ1) is 25.7.